The van der Waals surface area contributed by atoms with Crippen molar-refractivity contribution < 1.29 is 4.79 Å². The number of aromatic nitrogens is 1. The highest BCUT2D eigenvalue weighted by Crippen LogP contribution is 2.46. The zero-order valence-electron chi connectivity index (χ0n) is 14.0. The Hall–Kier alpha value is -0.940. The molecular weight excluding hydrogens is 306 g/mol. The molecule has 1 N–H and O–H groups in total. The third-order valence-electron chi connectivity index (χ3n) is 6.16. The van der Waals surface area contributed by atoms with Crippen LogP contribution in [0.3, 0.4) is 0 Å². The van der Waals surface area contributed by atoms with Gasteiger partial charge in [-0.3, -0.25) is 4.79 Å². The molecule has 126 valence electrons. The topological polar surface area (TPSA) is 45.2 Å². The summed E-state index contributed by atoms with van der Waals surface area (Å²) in [5.41, 5.74) is 1.01. The van der Waals surface area contributed by atoms with Crippen LogP contribution in [-0.2, 0) is 4.79 Å². The van der Waals surface area contributed by atoms with Crippen LogP contribution in [0.1, 0.15) is 55.1 Å². The average Bonchev–Trinajstić information content (AvgIpc) is 3.21. The Morgan fingerprint density at radius 1 is 1.39 bits per heavy atom. The maximum Gasteiger partial charge on any atom is 0.230 e. The minimum absolute atomic E-state index is 0.0983. The Kier molecular flexibility index (Phi) is 4.18. The number of hydrogen-bond donors (Lipinski definition) is 1. The van der Waals surface area contributed by atoms with Gasteiger partial charge in [-0.1, -0.05) is 12.8 Å². The molecule has 5 heteroatoms. The summed E-state index contributed by atoms with van der Waals surface area (Å²) in [4.78, 5) is 20.3. The summed E-state index contributed by atoms with van der Waals surface area (Å²) in [6, 6.07) is 0. The molecule has 0 spiro atoms. The van der Waals surface area contributed by atoms with Gasteiger partial charge in [-0.05, 0) is 45.1 Å². The number of rotatable bonds is 2. The molecule has 4 nitrogen and oxygen atoms in total. The number of thiazole rings is 1. The van der Waals surface area contributed by atoms with Gasteiger partial charge in [0, 0.05) is 36.6 Å². The van der Waals surface area contributed by atoms with Gasteiger partial charge in [0.15, 0.2) is 0 Å². The lowest BCUT2D eigenvalue weighted by atomic mass is 9.67. The Morgan fingerprint density at radius 3 is 3.13 bits per heavy atom. The van der Waals surface area contributed by atoms with E-state index in [0.29, 0.717) is 17.7 Å². The van der Waals surface area contributed by atoms with Crippen molar-refractivity contribution in [2.24, 2.45) is 11.3 Å². The predicted octanol–water partition coefficient (Wildman–Crippen LogP) is 2.94. The van der Waals surface area contributed by atoms with Gasteiger partial charge in [0.05, 0.1) is 10.4 Å². The van der Waals surface area contributed by atoms with E-state index < -0.39 is 0 Å². The van der Waals surface area contributed by atoms with Gasteiger partial charge in [0.1, 0.15) is 0 Å². The van der Waals surface area contributed by atoms with Crippen LogP contribution in [0.5, 0.6) is 0 Å². The third kappa shape index (κ3) is 2.72. The second kappa shape index (κ2) is 6.17. The molecule has 2 aliphatic heterocycles. The number of nitrogens with zero attached hydrogens (tertiary/aromatic N) is 2. The first kappa shape index (κ1) is 15.6. The second-order valence-corrected chi connectivity index (χ2v) is 8.54. The van der Waals surface area contributed by atoms with Crippen LogP contribution in [0, 0.1) is 18.3 Å². The normalized spacial score (nSPS) is 34.4. The number of hydrogen-bond acceptors (Lipinski definition) is 4. The zero-order chi connectivity index (χ0) is 15.9. The van der Waals surface area contributed by atoms with Gasteiger partial charge in [-0.25, -0.2) is 4.98 Å². The molecule has 1 aromatic heterocycles. The van der Waals surface area contributed by atoms with E-state index in [1.165, 1.54) is 30.7 Å². The first-order chi connectivity index (χ1) is 11.2. The molecule has 1 unspecified atom stereocenters. The summed E-state index contributed by atoms with van der Waals surface area (Å²) >= 11 is 1.76. The van der Waals surface area contributed by atoms with Crippen LogP contribution in [0.15, 0.2) is 5.38 Å². The largest absolute Gasteiger partial charge is 0.341 e. The number of nitrogens with one attached hydrogen (secondary N) is 1. The minimum atomic E-state index is -0.0983. The monoisotopic (exact) mass is 333 g/mol. The number of amides is 1. The SMILES string of the molecule is Cc1csc(C2CCCN(C(=O)[C@@]34CCCC[C@H]3CNC4)C2)n1. The van der Waals surface area contributed by atoms with E-state index in [4.69, 9.17) is 0 Å². The van der Waals surface area contributed by atoms with Gasteiger partial charge in [0.2, 0.25) is 5.91 Å². The fourth-order valence-electron chi connectivity index (χ4n) is 4.91. The number of piperidine rings is 1. The van der Waals surface area contributed by atoms with Crippen molar-refractivity contribution in [3.63, 3.8) is 0 Å². The fourth-order valence-corrected chi connectivity index (χ4v) is 5.83. The Balaban J connectivity index is 1.51. The van der Waals surface area contributed by atoms with Gasteiger partial charge < -0.3 is 10.2 Å². The highest BCUT2D eigenvalue weighted by molar-refractivity contribution is 7.09. The second-order valence-electron chi connectivity index (χ2n) is 7.65. The average molecular weight is 334 g/mol. The maximum atomic E-state index is 13.4. The summed E-state index contributed by atoms with van der Waals surface area (Å²) in [5.74, 6) is 1.44. The van der Waals surface area contributed by atoms with E-state index >= 15 is 0 Å². The molecule has 0 aromatic carbocycles. The van der Waals surface area contributed by atoms with Gasteiger partial charge in [-0.2, -0.15) is 0 Å². The van der Waals surface area contributed by atoms with Crippen LogP contribution < -0.4 is 5.32 Å². The van der Waals surface area contributed by atoms with Crippen molar-refractivity contribution in [1.29, 1.82) is 0 Å². The van der Waals surface area contributed by atoms with Gasteiger partial charge in [-0.15, -0.1) is 11.3 Å². The zero-order valence-corrected chi connectivity index (χ0v) is 14.8. The van der Waals surface area contributed by atoms with Gasteiger partial charge >= 0.3 is 0 Å². The molecule has 2 saturated heterocycles. The first-order valence-corrected chi connectivity index (χ1v) is 9.99. The fraction of sp³-hybridized carbons (Fsp3) is 0.778. The van der Waals surface area contributed by atoms with Gasteiger partial charge in [0.25, 0.3) is 0 Å². The first-order valence-electron chi connectivity index (χ1n) is 9.11. The summed E-state index contributed by atoms with van der Waals surface area (Å²) in [6.07, 6.45) is 7.10. The Bertz CT molecular complexity index is 587. The van der Waals surface area contributed by atoms with E-state index in [1.54, 1.807) is 11.3 Å². The lowest BCUT2D eigenvalue weighted by Crippen LogP contribution is -2.52. The lowest BCUT2D eigenvalue weighted by Gasteiger charge is -2.43. The van der Waals surface area contributed by atoms with Crippen LogP contribution in [-0.4, -0.2) is 42.0 Å². The number of fused-ring (bicyclic) bond motifs is 1. The van der Waals surface area contributed by atoms with Crippen LogP contribution in [0.2, 0.25) is 0 Å². The van der Waals surface area contributed by atoms with Crippen molar-refractivity contribution in [3.05, 3.63) is 16.1 Å². The smallest absolute Gasteiger partial charge is 0.230 e. The molecule has 3 atom stereocenters. The van der Waals surface area contributed by atoms with Crippen molar-refractivity contribution in [2.45, 2.75) is 51.4 Å². The quantitative estimate of drug-likeness (QED) is 0.905. The number of aryl methyl sites for hydroxylation is 1. The van der Waals surface area contributed by atoms with E-state index in [9.17, 15) is 4.79 Å². The summed E-state index contributed by atoms with van der Waals surface area (Å²) < 4.78 is 0. The molecule has 23 heavy (non-hydrogen) atoms. The lowest BCUT2D eigenvalue weighted by molar-refractivity contribution is -0.146. The van der Waals surface area contributed by atoms with E-state index in [1.807, 2.05) is 0 Å². The molecular formula is C18H27N3OS. The molecule has 1 aromatic rings. The van der Waals surface area contributed by atoms with Crippen molar-refractivity contribution in [3.8, 4) is 0 Å². The Morgan fingerprint density at radius 2 is 2.30 bits per heavy atom. The molecule has 1 saturated carbocycles. The molecule has 0 radical (unpaired) electrons. The molecule has 0 bridgehead atoms. The van der Waals surface area contributed by atoms with Crippen molar-refractivity contribution >= 4 is 17.2 Å². The van der Waals surface area contributed by atoms with E-state index in [2.05, 4.69) is 27.5 Å². The molecule has 3 fully saturated rings. The van der Waals surface area contributed by atoms with Crippen molar-refractivity contribution in [2.75, 3.05) is 26.2 Å². The maximum absolute atomic E-state index is 13.4. The molecule has 3 aliphatic rings. The highest BCUT2D eigenvalue weighted by atomic mass is 32.1. The highest BCUT2D eigenvalue weighted by Gasteiger charge is 2.51. The van der Waals surface area contributed by atoms with Crippen LogP contribution >= 0.6 is 11.3 Å². The summed E-state index contributed by atoms with van der Waals surface area (Å²) in [5, 5.41) is 6.87. The third-order valence-corrected chi connectivity index (χ3v) is 7.28. The minimum Gasteiger partial charge on any atom is -0.341 e. The number of carbonyl (C=O) groups excluding carboxylic acids is 1. The summed E-state index contributed by atoms with van der Waals surface area (Å²) in [7, 11) is 0. The number of likely N-dealkylation sites (tertiary alicyclic amines) is 1. The standard InChI is InChI=1S/C18H27N3OS/c1-13-11-23-16(20-13)14-5-4-8-21(10-14)17(22)18-7-3-2-6-15(18)9-19-12-18/h11,14-15,19H,2-10,12H2,1H3/t14?,15-,18+/m0/s1. The predicted molar refractivity (Wildman–Crippen MR) is 92.7 cm³/mol. The number of carbonyl (C=O) groups is 1. The van der Waals surface area contributed by atoms with Crippen molar-refractivity contribution in [1.82, 2.24) is 15.2 Å². The molecule has 4 rings (SSSR count). The summed E-state index contributed by atoms with van der Waals surface area (Å²) in [6.45, 7) is 5.80. The molecule has 1 amide bonds. The van der Waals surface area contributed by atoms with Crippen LogP contribution in [0.25, 0.3) is 0 Å². The van der Waals surface area contributed by atoms with Crippen LogP contribution in [0.4, 0.5) is 0 Å². The Labute approximate surface area is 142 Å². The van der Waals surface area contributed by atoms with E-state index in [-0.39, 0.29) is 5.41 Å². The molecule has 1 aliphatic carbocycles. The van der Waals surface area contributed by atoms with E-state index in [0.717, 1.165) is 44.7 Å². The molecule has 3 heterocycles.